The van der Waals surface area contributed by atoms with Crippen LogP contribution in [0.3, 0.4) is 0 Å². The summed E-state index contributed by atoms with van der Waals surface area (Å²) in [5.74, 6) is 2.35. The third-order valence-corrected chi connectivity index (χ3v) is 10.3. The average molecular weight is 686 g/mol. The zero-order chi connectivity index (χ0) is 20.4. The summed E-state index contributed by atoms with van der Waals surface area (Å²) in [6.45, 7) is 14.6. The van der Waals surface area contributed by atoms with E-state index in [1.54, 1.807) is 0 Å². The van der Waals surface area contributed by atoms with E-state index in [1.165, 1.54) is 33.4 Å². The first-order valence-electron chi connectivity index (χ1n) is 8.51. The summed E-state index contributed by atoms with van der Waals surface area (Å²) in [4.78, 5) is 2.55. The monoisotopic (exact) mass is 682 g/mol. The van der Waals surface area contributed by atoms with Crippen molar-refractivity contribution in [2.45, 2.75) is 51.4 Å². The van der Waals surface area contributed by atoms with Crippen molar-refractivity contribution in [3.8, 4) is 0 Å². The predicted molar refractivity (Wildman–Crippen MR) is 149 cm³/mol. The summed E-state index contributed by atoms with van der Waals surface area (Å²) in [6, 6.07) is 2.66. The molecule has 0 aromatic rings. The molecule has 0 rings (SSSR count). The molecule has 0 aromatic carbocycles. The molecule has 8 heteroatoms. The minimum Gasteiger partial charge on any atom is -0.126 e. The molecular formula is C18H30Br4S2Si2. The van der Waals surface area contributed by atoms with Crippen LogP contribution in [-0.2, 0) is 0 Å². The van der Waals surface area contributed by atoms with E-state index in [0.29, 0.717) is 0 Å². The van der Waals surface area contributed by atoms with Gasteiger partial charge in [0.05, 0.1) is 6.78 Å². The predicted octanol–water partition coefficient (Wildman–Crippen LogP) is 10.2. The van der Waals surface area contributed by atoms with E-state index < -0.39 is 16.1 Å². The van der Waals surface area contributed by atoms with Crippen LogP contribution in [0.15, 0.2) is 40.9 Å². The molecule has 0 unspecified atom stereocenters. The lowest BCUT2D eigenvalue weighted by Gasteiger charge is -2.15. The standard InChI is InChI=1S/C18H30Br4S2Si2/c1-25(2,3)11-9-23-15(13-17(19)20)7-8-16(14-18(21)22)24-10-12-26(4,5)6/h7-8,13-14H,9-12H2,1-6H3/b15-7-,16-8-. The average Bonchev–Trinajstić information content (AvgIpc) is 2.40. The zero-order valence-corrected chi connectivity index (χ0v) is 26.4. The van der Waals surface area contributed by atoms with Crippen LogP contribution in [0.1, 0.15) is 0 Å². The Morgan fingerprint density at radius 2 is 0.962 bits per heavy atom. The van der Waals surface area contributed by atoms with Crippen molar-refractivity contribution in [2.75, 3.05) is 11.5 Å². The number of allylic oxidation sites excluding steroid dienone is 4. The van der Waals surface area contributed by atoms with Gasteiger partial charge in [-0.15, -0.1) is 23.5 Å². The fraction of sp³-hybridized carbons (Fsp3) is 0.556. The van der Waals surface area contributed by atoms with Crippen LogP contribution in [-0.4, -0.2) is 27.7 Å². The maximum absolute atomic E-state index is 3.50. The summed E-state index contributed by atoms with van der Waals surface area (Å²) >= 11 is 17.9. The molecule has 0 aliphatic heterocycles. The molecule has 26 heavy (non-hydrogen) atoms. The highest BCUT2D eigenvalue weighted by Crippen LogP contribution is 2.29. The molecule has 0 atom stereocenters. The Hall–Kier alpha value is 2.01. The normalized spacial score (nSPS) is 13.6. The lowest BCUT2D eigenvalue weighted by Crippen LogP contribution is -2.19. The Labute approximate surface area is 205 Å². The molecule has 0 amide bonds. The highest BCUT2D eigenvalue weighted by Gasteiger charge is 2.13. The topological polar surface area (TPSA) is 0 Å². The van der Waals surface area contributed by atoms with Gasteiger partial charge in [-0.05, 0) is 112 Å². The van der Waals surface area contributed by atoms with Gasteiger partial charge in [0.1, 0.15) is 0 Å². The Morgan fingerprint density at radius 3 is 1.19 bits per heavy atom. The van der Waals surface area contributed by atoms with Gasteiger partial charge >= 0.3 is 0 Å². The fourth-order valence-electron chi connectivity index (χ4n) is 1.61. The Balaban J connectivity index is 5.19. The number of hydrogen-bond acceptors (Lipinski definition) is 2. The maximum Gasteiger partial charge on any atom is 0.0615 e. The molecule has 0 bridgehead atoms. The van der Waals surface area contributed by atoms with E-state index in [4.69, 9.17) is 0 Å². The highest BCUT2D eigenvalue weighted by atomic mass is 79.9. The smallest absolute Gasteiger partial charge is 0.0615 e. The maximum atomic E-state index is 3.50. The van der Waals surface area contributed by atoms with Crippen molar-refractivity contribution in [3.63, 3.8) is 0 Å². The van der Waals surface area contributed by atoms with E-state index in [2.05, 4.69) is 127 Å². The molecule has 0 N–H and O–H groups in total. The summed E-state index contributed by atoms with van der Waals surface area (Å²) in [5, 5.41) is 0. The minimum absolute atomic E-state index is 0.982. The van der Waals surface area contributed by atoms with Crippen LogP contribution in [0.5, 0.6) is 0 Å². The van der Waals surface area contributed by atoms with Crippen molar-refractivity contribution in [2.24, 2.45) is 0 Å². The fourth-order valence-corrected chi connectivity index (χ4v) is 10.1. The van der Waals surface area contributed by atoms with Crippen molar-refractivity contribution >= 4 is 103 Å². The molecule has 0 saturated carbocycles. The second-order valence-corrected chi connectivity index (χ2v) is 27.4. The van der Waals surface area contributed by atoms with Crippen LogP contribution in [0.4, 0.5) is 0 Å². The van der Waals surface area contributed by atoms with Crippen LogP contribution >= 0.6 is 87.2 Å². The molecule has 0 nitrogen and oxygen atoms in total. The lowest BCUT2D eigenvalue weighted by molar-refractivity contribution is 1.38. The van der Waals surface area contributed by atoms with E-state index in [1.807, 2.05) is 23.5 Å². The summed E-state index contributed by atoms with van der Waals surface area (Å²) in [7, 11) is -1.99. The molecule has 0 aliphatic rings. The first-order valence-corrected chi connectivity index (χ1v) is 21.1. The van der Waals surface area contributed by atoms with Gasteiger partial charge in [-0.1, -0.05) is 39.3 Å². The van der Waals surface area contributed by atoms with Crippen molar-refractivity contribution in [1.29, 1.82) is 0 Å². The van der Waals surface area contributed by atoms with E-state index >= 15 is 0 Å². The van der Waals surface area contributed by atoms with Gasteiger partial charge in [-0.2, -0.15) is 0 Å². The van der Waals surface area contributed by atoms with E-state index in [0.717, 1.165) is 6.78 Å². The first-order chi connectivity index (χ1) is 11.8. The summed E-state index contributed by atoms with van der Waals surface area (Å²) in [5.41, 5.74) is 0. The van der Waals surface area contributed by atoms with Crippen molar-refractivity contribution in [1.82, 2.24) is 0 Å². The van der Waals surface area contributed by atoms with Gasteiger partial charge in [0.2, 0.25) is 0 Å². The van der Waals surface area contributed by atoms with Crippen molar-refractivity contribution < 1.29 is 0 Å². The van der Waals surface area contributed by atoms with E-state index in [9.17, 15) is 0 Å². The Kier molecular flexibility index (Phi) is 15.2. The highest BCUT2D eigenvalue weighted by molar-refractivity contribution is 9.28. The quantitative estimate of drug-likeness (QED) is 0.157. The zero-order valence-electron chi connectivity index (χ0n) is 16.5. The van der Waals surface area contributed by atoms with E-state index in [-0.39, 0.29) is 0 Å². The number of thioether (sulfide) groups is 2. The lowest BCUT2D eigenvalue weighted by atomic mass is 10.4. The SMILES string of the molecule is C[Si](C)(C)CCS/C(C=C(Br)Br)=C\C=C(\C=C(Br)Br)SCC[Si](C)(C)C. The van der Waals surface area contributed by atoms with Crippen LogP contribution in [0.25, 0.3) is 0 Å². The summed E-state index contributed by atoms with van der Waals surface area (Å²) in [6.07, 6.45) is 8.74. The van der Waals surface area contributed by atoms with Crippen LogP contribution in [0, 0.1) is 0 Å². The van der Waals surface area contributed by atoms with Crippen LogP contribution in [0.2, 0.25) is 51.4 Å². The number of hydrogen-bond donors (Lipinski definition) is 0. The van der Waals surface area contributed by atoms with Crippen molar-refractivity contribution in [3.05, 3.63) is 40.9 Å². The van der Waals surface area contributed by atoms with Gasteiger partial charge in [-0.3, -0.25) is 0 Å². The molecule has 150 valence electrons. The Bertz CT molecular complexity index is 499. The second kappa shape index (κ2) is 14.1. The largest absolute Gasteiger partial charge is 0.126 e. The second-order valence-electron chi connectivity index (χ2n) is 8.32. The van der Waals surface area contributed by atoms with Gasteiger partial charge in [-0.25, -0.2) is 0 Å². The third-order valence-electron chi connectivity index (χ3n) is 3.16. The first kappa shape index (κ1) is 28.0. The molecule has 0 aliphatic carbocycles. The van der Waals surface area contributed by atoms with Crippen LogP contribution < -0.4 is 0 Å². The minimum atomic E-state index is -0.996. The summed E-state index contributed by atoms with van der Waals surface area (Å²) < 4.78 is 1.96. The molecule has 0 radical (unpaired) electrons. The Morgan fingerprint density at radius 1 is 0.654 bits per heavy atom. The molecular weight excluding hydrogens is 656 g/mol. The van der Waals surface area contributed by atoms with Gasteiger partial charge in [0.25, 0.3) is 0 Å². The van der Waals surface area contributed by atoms with Gasteiger partial charge in [0.15, 0.2) is 0 Å². The molecule has 0 aromatic heterocycles. The number of rotatable bonds is 11. The molecule has 0 heterocycles. The van der Waals surface area contributed by atoms with Gasteiger partial charge in [0, 0.05) is 26.0 Å². The molecule has 0 fully saturated rings. The number of halogens is 4. The molecule has 0 saturated heterocycles. The molecule has 0 spiro atoms. The third kappa shape index (κ3) is 19.3. The van der Waals surface area contributed by atoms with Gasteiger partial charge < -0.3 is 0 Å².